The van der Waals surface area contributed by atoms with Gasteiger partial charge in [-0.2, -0.15) is 15.6 Å². The highest BCUT2D eigenvalue weighted by molar-refractivity contribution is 5.70. The normalized spacial score (nSPS) is 9.78. The van der Waals surface area contributed by atoms with E-state index in [4.69, 9.17) is 10.5 Å². The van der Waals surface area contributed by atoms with Gasteiger partial charge in [-0.15, -0.1) is 0 Å². The Morgan fingerprint density at radius 1 is 0.906 bits per heavy atom. The maximum atomic E-state index is 9.06. The minimum Gasteiger partial charge on any atom is -0.364 e. The molecule has 2 aromatic carbocycles. The highest BCUT2D eigenvalue weighted by atomic mass is 15.1. The maximum absolute atomic E-state index is 9.06. The zero-order valence-corrected chi connectivity index (χ0v) is 18.3. The van der Waals surface area contributed by atoms with Gasteiger partial charge in [0.05, 0.1) is 41.2 Å². The number of aryl methyl sites for hydroxylation is 1. The van der Waals surface area contributed by atoms with Crippen LogP contribution >= 0.6 is 0 Å². The maximum Gasteiger partial charge on any atom is 0.126 e. The Kier molecular flexibility index (Phi) is 7.35. The largest absolute Gasteiger partial charge is 0.364 e. The second-order valence-corrected chi connectivity index (χ2v) is 6.90. The van der Waals surface area contributed by atoms with Gasteiger partial charge in [0, 0.05) is 11.8 Å². The van der Waals surface area contributed by atoms with Crippen LogP contribution in [0.3, 0.4) is 0 Å². The summed E-state index contributed by atoms with van der Waals surface area (Å²) in [6.07, 6.45) is 1.76. The molecule has 0 unspecified atom stereocenters. The molecular formula is C26H24N6. The van der Waals surface area contributed by atoms with Gasteiger partial charge >= 0.3 is 0 Å². The lowest BCUT2D eigenvalue weighted by Crippen LogP contribution is -2.01. The number of benzene rings is 2. The van der Waals surface area contributed by atoms with E-state index in [1.807, 2.05) is 75.4 Å². The second kappa shape index (κ2) is 10.6. The highest BCUT2D eigenvalue weighted by Crippen LogP contribution is 2.26. The molecule has 4 rings (SSSR count). The smallest absolute Gasteiger partial charge is 0.126 e. The van der Waals surface area contributed by atoms with Gasteiger partial charge < -0.3 is 5.32 Å². The molecule has 2 aromatic heterocycles. The van der Waals surface area contributed by atoms with E-state index in [1.54, 1.807) is 12.3 Å². The average Bonchev–Trinajstić information content (AvgIpc) is 3.33. The molecule has 0 fully saturated rings. The van der Waals surface area contributed by atoms with Crippen molar-refractivity contribution in [2.45, 2.75) is 27.3 Å². The second-order valence-electron chi connectivity index (χ2n) is 6.90. The summed E-state index contributed by atoms with van der Waals surface area (Å²) in [6, 6.07) is 23.2. The van der Waals surface area contributed by atoms with E-state index in [2.05, 4.69) is 32.6 Å². The van der Waals surface area contributed by atoms with Crippen LogP contribution in [-0.2, 0) is 6.54 Å². The molecule has 0 aliphatic heterocycles. The number of anilines is 1. The van der Waals surface area contributed by atoms with Gasteiger partial charge in [0.25, 0.3) is 0 Å². The summed E-state index contributed by atoms with van der Waals surface area (Å²) in [5, 5.41) is 28.8. The lowest BCUT2D eigenvalue weighted by Gasteiger charge is -2.09. The number of rotatable bonds is 5. The molecule has 0 saturated heterocycles. The Morgan fingerprint density at radius 2 is 1.69 bits per heavy atom. The number of aromatic amines is 1. The molecular weight excluding hydrogens is 396 g/mol. The third kappa shape index (κ3) is 5.19. The van der Waals surface area contributed by atoms with Gasteiger partial charge in [0.15, 0.2) is 0 Å². The topological polar surface area (TPSA) is 101 Å². The number of nitrogens with one attached hydrogen (secondary N) is 2. The molecule has 0 saturated carbocycles. The number of nitrogens with zero attached hydrogens (tertiary/aromatic N) is 4. The molecule has 0 aliphatic rings. The first-order valence-corrected chi connectivity index (χ1v) is 10.4. The van der Waals surface area contributed by atoms with Gasteiger partial charge in [-0.05, 0) is 66.1 Å². The number of pyridine rings is 1. The molecule has 32 heavy (non-hydrogen) atoms. The third-order valence-corrected chi connectivity index (χ3v) is 4.80. The van der Waals surface area contributed by atoms with Crippen LogP contribution in [0.4, 0.5) is 5.82 Å². The van der Waals surface area contributed by atoms with E-state index >= 15 is 0 Å². The van der Waals surface area contributed by atoms with E-state index in [0.717, 1.165) is 39.5 Å². The molecule has 0 aliphatic carbocycles. The van der Waals surface area contributed by atoms with Crippen molar-refractivity contribution in [3.05, 3.63) is 89.2 Å². The van der Waals surface area contributed by atoms with Gasteiger partial charge in [0.1, 0.15) is 5.82 Å². The molecule has 6 nitrogen and oxygen atoms in total. The van der Waals surface area contributed by atoms with Crippen molar-refractivity contribution in [2.24, 2.45) is 0 Å². The fraction of sp³-hybridized carbons (Fsp3) is 0.154. The predicted octanol–water partition coefficient (Wildman–Crippen LogP) is 5.83. The van der Waals surface area contributed by atoms with Crippen LogP contribution in [-0.4, -0.2) is 15.2 Å². The molecule has 6 heteroatoms. The number of hydrogen-bond acceptors (Lipinski definition) is 5. The molecule has 0 atom stereocenters. The summed E-state index contributed by atoms with van der Waals surface area (Å²) in [5.74, 6) is 0.749. The summed E-state index contributed by atoms with van der Waals surface area (Å²) in [5.41, 5.74) is 7.01. The van der Waals surface area contributed by atoms with Crippen molar-refractivity contribution >= 4 is 5.82 Å². The minimum atomic E-state index is 0.535. The molecule has 2 heterocycles. The SMILES string of the molecule is CC.Cc1cc(C#N)ccc1-c1ccnc(NCc2cc(-c3cccc(C#N)c3)n[nH]2)c1. The molecule has 0 spiro atoms. The van der Waals surface area contributed by atoms with Crippen LogP contribution in [0.15, 0.2) is 66.9 Å². The Labute approximate surface area is 188 Å². The quantitative estimate of drug-likeness (QED) is 0.423. The standard InChI is InChI=1S/C24H18N6.C2H6/c1-16-9-18(14-26)5-6-22(16)19-7-8-27-24(11-19)28-15-21-12-23(30-29-21)20-4-2-3-17(10-20)13-25;1-2/h2-12H,15H2,1H3,(H,27,28)(H,29,30);1-2H3. The fourth-order valence-electron chi connectivity index (χ4n) is 3.29. The van der Waals surface area contributed by atoms with Crippen LogP contribution in [0.5, 0.6) is 0 Å². The van der Waals surface area contributed by atoms with E-state index in [-0.39, 0.29) is 0 Å². The van der Waals surface area contributed by atoms with E-state index < -0.39 is 0 Å². The zero-order valence-electron chi connectivity index (χ0n) is 18.3. The van der Waals surface area contributed by atoms with Gasteiger partial charge in [0.2, 0.25) is 0 Å². The van der Waals surface area contributed by atoms with Crippen molar-refractivity contribution in [3.8, 4) is 34.5 Å². The molecule has 0 radical (unpaired) electrons. The first kappa shape index (κ1) is 22.3. The molecule has 0 bridgehead atoms. The summed E-state index contributed by atoms with van der Waals surface area (Å²) in [7, 11) is 0. The van der Waals surface area contributed by atoms with Gasteiger partial charge in [-0.25, -0.2) is 4.98 Å². The van der Waals surface area contributed by atoms with Crippen molar-refractivity contribution in [2.75, 3.05) is 5.32 Å². The highest BCUT2D eigenvalue weighted by Gasteiger charge is 2.07. The van der Waals surface area contributed by atoms with E-state index in [9.17, 15) is 0 Å². The Morgan fingerprint density at radius 3 is 2.44 bits per heavy atom. The van der Waals surface area contributed by atoms with Crippen LogP contribution in [0.1, 0.15) is 36.2 Å². The van der Waals surface area contributed by atoms with Crippen molar-refractivity contribution in [1.82, 2.24) is 15.2 Å². The lowest BCUT2D eigenvalue weighted by atomic mass is 9.99. The Bertz CT molecular complexity index is 1290. The number of hydrogen-bond donors (Lipinski definition) is 2. The number of aromatic nitrogens is 3. The third-order valence-electron chi connectivity index (χ3n) is 4.80. The van der Waals surface area contributed by atoms with Gasteiger partial charge in [-0.3, -0.25) is 5.10 Å². The predicted molar refractivity (Wildman–Crippen MR) is 127 cm³/mol. The summed E-state index contributed by atoms with van der Waals surface area (Å²) in [4.78, 5) is 4.40. The fourth-order valence-corrected chi connectivity index (χ4v) is 3.29. The Balaban J connectivity index is 0.00000141. The first-order valence-electron chi connectivity index (χ1n) is 10.4. The monoisotopic (exact) mass is 420 g/mol. The number of H-pyrrole nitrogens is 1. The Hall–Kier alpha value is -4.42. The van der Waals surface area contributed by atoms with Crippen LogP contribution in [0.25, 0.3) is 22.4 Å². The number of nitriles is 2. The average molecular weight is 421 g/mol. The lowest BCUT2D eigenvalue weighted by molar-refractivity contribution is 0.976. The van der Waals surface area contributed by atoms with E-state index in [0.29, 0.717) is 17.7 Å². The molecule has 4 aromatic rings. The minimum absolute atomic E-state index is 0.535. The zero-order chi connectivity index (χ0) is 22.9. The van der Waals surface area contributed by atoms with Crippen LogP contribution in [0.2, 0.25) is 0 Å². The van der Waals surface area contributed by atoms with Crippen molar-refractivity contribution in [1.29, 1.82) is 10.5 Å². The summed E-state index contributed by atoms with van der Waals surface area (Å²) >= 11 is 0. The van der Waals surface area contributed by atoms with Crippen LogP contribution in [0, 0.1) is 29.6 Å². The first-order chi connectivity index (χ1) is 15.7. The molecule has 0 amide bonds. The van der Waals surface area contributed by atoms with Crippen LogP contribution < -0.4 is 5.32 Å². The molecule has 158 valence electrons. The van der Waals surface area contributed by atoms with Gasteiger partial charge in [-0.1, -0.05) is 32.0 Å². The van der Waals surface area contributed by atoms with E-state index in [1.165, 1.54) is 0 Å². The van der Waals surface area contributed by atoms with Crippen molar-refractivity contribution in [3.63, 3.8) is 0 Å². The summed E-state index contributed by atoms with van der Waals surface area (Å²) < 4.78 is 0. The van der Waals surface area contributed by atoms with Crippen molar-refractivity contribution < 1.29 is 0 Å². The molecule has 2 N–H and O–H groups in total. The summed E-state index contributed by atoms with van der Waals surface area (Å²) in [6.45, 7) is 6.53.